The third-order valence-corrected chi connectivity index (χ3v) is 4.53. The largest absolute Gasteiger partial charge is 0.536 e. The van der Waals surface area contributed by atoms with Crippen LogP contribution < -0.4 is 5.19 Å². The SMILES string of the molecule is CO[Si](OC)(OC)c1cc[c]cc1. The Hall–Kier alpha value is -0.683. The lowest BCUT2D eigenvalue weighted by molar-refractivity contribution is 0.140. The minimum atomic E-state index is -2.61. The molecule has 1 aromatic rings. The minimum Gasteiger partial charge on any atom is -0.373 e. The van der Waals surface area contributed by atoms with Gasteiger partial charge in [0, 0.05) is 26.5 Å². The van der Waals surface area contributed by atoms with Gasteiger partial charge >= 0.3 is 8.80 Å². The van der Waals surface area contributed by atoms with Crippen molar-refractivity contribution in [1.29, 1.82) is 0 Å². The molecule has 0 aliphatic heterocycles. The van der Waals surface area contributed by atoms with Crippen molar-refractivity contribution in [1.82, 2.24) is 0 Å². The zero-order chi connectivity index (χ0) is 9.73. The van der Waals surface area contributed by atoms with Gasteiger partial charge in [-0.1, -0.05) is 24.3 Å². The Morgan fingerprint density at radius 1 is 1.00 bits per heavy atom. The fourth-order valence-electron chi connectivity index (χ4n) is 1.19. The molecule has 13 heavy (non-hydrogen) atoms. The molecule has 0 aliphatic carbocycles. The lowest BCUT2D eigenvalue weighted by Gasteiger charge is -2.24. The van der Waals surface area contributed by atoms with Gasteiger partial charge in [-0.15, -0.1) is 0 Å². The molecule has 0 aromatic heterocycles. The molecular formula is C9H13O3Si. The first kappa shape index (κ1) is 10.4. The molecule has 4 heteroatoms. The maximum atomic E-state index is 5.30. The molecule has 1 aromatic carbocycles. The van der Waals surface area contributed by atoms with Crippen LogP contribution in [0.4, 0.5) is 0 Å². The lowest BCUT2D eigenvalue weighted by atomic mass is 10.4. The van der Waals surface area contributed by atoms with Crippen LogP contribution in [0, 0.1) is 6.07 Å². The molecule has 0 aliphatic rings. The highest BCUT2D eigenvalue weighted by Crippen LogP contribution is 2.05. The van der Waals surface area contributed by atoms with Crippen molar-refractivity contribution in [3.05, 3.63) is 30.3 Å². The van der Waals surface area contributed by atoms with Gasteiger partial charge in [-0.3, -0.25) is 0 Å². The predicted molar refractivity (Wildman–Crippen MR) is 51.7 cm³/mol. The molecule has 1 radical (unpaired) electrons. The highest BCUT2D eigenvalue weighted by atomic mass is 28.4. The first-order valence-electron chi connectivity index (χ1n) is 3.91. The predicted octanol–water partition coefficient (Wildman–Crippen LogP) is 0.572. The second-order valence-corrected chi connectivity index (χ2v) is 5.37. The number of hydrogen-bond acceptors (Lipinski definition) is 3. The van der Waals surface area contributed by atoms with Crippen LogP contribution in [0.2, 0.25) is 0 Å². The van der Waals surface area contributed by atoms with E-state index in [9.17, 15) is 0 Å². The molecule has 0 amide bonds. The molecule has 0 spiro atoms. The molecular weight excluding hydrogens is 184 g/mol. The van der Waals surface area contributed by atoms with E-state index in [1.54, 1.807) is 21.3 Å². The number of rotatable bonds is 4. The molecule has 0 saturated heterocycles. The van der Waals surface area contributed by atoms with Crippen LogP contribution in [0.1, 0.15) is 0 Å². The average Bonchev–Trinajstić information content (AvgIpc) is 2.23. The summed E-state index contributed by atoms with van der Waals surface area (Å²) in [6.07, 6.45) is 0. The Kier molecular flexibility index (Phi) is 3.62. The zero-order valence-corrected chi connectivity index (χ0v) is 9.03. The van der Waals surface area contributed by atoms with E-state index < -0.39 is 8.80 Å². The van der Waals surface area contributed by atoms with Crippen LogP contribution in [0.25, 0.3) is 0 Å². The second kappa shape index (κ2) is 4.52. The third-order valence-electron chi connectivity index (χ3n) is 1.88. The summed E-state index contributed by atoms with van der Waals surface area (Å²) in [5.74, 6) is 0. The zero-order valence-electron chi connectivity index (χ0n) is 8.03. The van der Waals surface area contributed by atoms with E-state index in [-0.39, 0.29) is 0 Å². The highest BCUT2D eigenvalue weighted by Gasteiger charge is 2.40. The summed E-state index contributed by atoms with van der Waals surface area (Å²) in [6, 6.07) is 10.3. The first-order chi connectivity index (χ1) is 6.29. The van der Waals surface area contributed by atoms with E-state index in [4.69, 9.17) is 13.3 Å². The quantitative estimate of drug-likeness (QED) is 0.661. The maximum Gasteiger partial charge on any atom is 0.536 e. The topological polar surface area (TPSA) is 27.7 Å². The van der Waals surface area contributed by atoms with Crippen molar-refractivity contribution in [3.63, 3.8) is 0 Å². The normalized spacial score (nSPS) is 11.6. The fraction of sp³-hybridized carbons (Fsp3) is 0.333. The van der Waals surface area contributed by atoms with E-state index >= 15 is 0 Å². The van der Waals surface area contributed by atoms with Crippen molar-refractivity contribution in [2.75, 3.05) is 21.3 Å². The van der Waals surface area contributed by atoms with E-state index in [1.807, 2.05) is 24.3 Å². The molecule has 0 fully saturated rings. The molecule has 0 bridgehead atoms. The Balaban J connectivity index is 3.01. The summed E-state index contributed by atoms with van der Waals surface area (Å²) < 4.78 is 15.9. The van der Waals surface area contributed by atoms with Crippen molar-refractivity contribution < 1.29 is 13.3 Å². The molecule has 0 unspecified atom stereocenters. The van der Waals surface area contributed by atoms with Gasteiger partial charge in [0.2, 0.25) is 0 Å². The smallest absolute Gasteiger partial charge is 0.373 e. The summed E-state index contributed by atoms with van der Waals surface area (Å²) in [4.78, 5) is 0. The van der Waals surface area contributed by atoms with Gasteiger partial charge in [-0.05, 0) is 6.07 Å². The minimum absolute atomic E-state index is 0.943. The van der Waals surface area contributed by atoms with Gasteiger partial charge in [0.05, 0.1) is 0 Å². The average molecular weight is 197 g/mol. The van der Waals surface area contributed by atoms with E-state index in [1.165, 1.54) is 0 Å². The summed E-state index contributed by atoms with van der Waals surface area (Å²) in [7, 11) is 2.17. The second-order valence-electron chi connectivity index (χ2n) is 2.46. The molecule has 1 rings (SSSR count). The van der Waals surface area contributed by atoms with E-state index in [0.717, 1.165) is 5.19 Å². The monoisotopic (exact) mass is 197 g/mol. The fourth-order valence-corrected chi connectivity index (χ4v) is 2.98. The van der Waals surface area contributed by atoms with Crippen LogP contribution in [-0.4, -0.2) is 30.1 Å². The number of benzene rings is 1. The third kappa shape index (κ3) is 1.97. The van der Waals surface area contributed by atoms with Gasteiger partial charge in [0.25, 0.3) is 0 Å². The van der Waals surface area contributed by atoms with Crippen molar-refractivity contribution >= 4 is 14.0 Å². The molecule has 3 nitrogen and oxygen atoms in total. The van der Waals surface area contributed by atoms with Gasteiger partial charge in [-0.25, -0.2) is 0 Å². The Morgan fingerprint density at radius 3 is 1.85 bits per heavy atom. The molecule has 0 saturated carbocycles. The molecule has 0 atom stereocenters. The maximum absolute atomic E-state index is 5.30. The number of hydrogen-bond donors (Lipinski definition) is 0. The molecule has 0 N–H and O–H groups in total. The van der Waals surface area contributed by atoms with E-state index in [0.29, 0.717) is 0 Å². The lowest BCUT2D eigenvalue weighted by Crippen LogP contribution is -2.54. The summed E-state index contributed by atoms with van der Waals surface area (Å²) in [5, 5.41) is 0.943. The van der Waals surface area contributed by atoms with Crippen molar-refractivity contribution in [2.24, 2.45) is 0 Å². The summed E-state index contributed by atoms with van der Waals surface area (Å²) >= 11 is 0. The molecule has 0 heterocycles. The summed E-state index contributed by atoms with van der Waals surface area (Å²) in [6.45, 7) is 0. The van der Waals surface area contributed by atoms with Gasteiger partial charge < -0.3 is 13.3 Å². The highest BCUT2D eigenvalue weighted by molar-refractivity contribution is 6.75. The van der Waals surface area contributed by atoms with E-state index in [2.05, 4.69) is 6.07 Å². The van der Waals surface area contributed by atoms with Gasteiger partial charge in [0.15, 0.2) is 0 Å². The van der Waals surface area contributed by atoms with Crippen LogP contribution >= 0.6 is 0 Å². The first-order valence-corrected chi connectivity index (χ1v) is 5.63. The Morgan fingerprint density at radius 2 is 1.46 bits per heavy atom. The Labute approximate surface area is 79.6 Å². The van der Waals surface area contributed by atoms with Gasteiger partial charge in [0.1, 0.15) is 0 Å². The standard InChI is InChI=1S/C9H13O3Si/c1-10-13(11-2,12-3)9-7-5-4-6-8-9/h5-8H,1-3H3. The van der Waals surface area contributed by atoms with Crippen LogP contribution in [0.5, 0.6) is 0 Å². The summed E-state index contributed by atoms with van der Waals surface area (Å²) in [5.41, 5.74) is 0. The Bertz CT molecular complexity index is 238. The molecule has 71 valence electrons. The van der Waals surface area contributed by atoms with Crippen molar-refractivity contribution in [3.8, 4) is 0 Å². The van der Waals surface area contributed by atoms with Gasteiger partial charge in [-0.2, -0.15) is 0 Å². The van der Waals surface area contributed by atoms with Crippen LogP contribution in [0.3, 0.4) is 0 Å². The van der Waals surface area contributed by atoms with Crippen molar-refractivity contribution in [2.45, 2.75) is 0 Å². The van der Waals surface area contributed by atoms with Crippen LogP contribution in [-0.2, 0) is 13.3 Å². The van der Waals surface area contributed by atoms with Crippen LogP contribution in [0.15, 0.2) is 24.3 Å².